The quantitative estimate of drug-likeness (QED) is 0.591. The lowest BCUT2D eigenvalue weighted by molar-refractivity contribution is -0.120. The molecule has 1 aliphatic rings. The Morgan fingerprint density at radius 2 is 2.13 bits per heavy atom. The zero-order valence-corrected chi connectivity index (χ0v) is 18.8. The number of likely N-dealkylation sites (N-methyl/N-ethyl adjacent to an activating group) is 1. The van der Waals surface area contributed by atoms with Crippen LogP contribution < -0.4 is 10.0 Å². The Bertz CT molecular complexity index is 1240. The molecule has 9 nitrogen and oxygen atoms in total. The third kappa shape index (κ3) is 4.34. The highest BCUT2D eigenvalue weighted by Gasteiger charge is 2.41. The van der Waals surface area contributed by atoms with Crippen LogP contribution in [0.1, 0.15) is 17.5 Å². The second-order valence-electron chi connectivity index (χ2n) is 7.01. The van der Waals surface area contributed by atoms with Gasteiger partial charge < -0.3 is 9.88 Å². The number of hydrogen-bond acceptors (Lipinski definition) is 6. The zero-order chi connectivity index (χ0) is 22.3. The van der Waals surface area contributed by atoms with Crippen LogP contribution in [0.25, 0.3) is 10.6 Å². The van der Waals surface area contributed by atoms with Crippen molar-refractivity contribution >= 4 is 44.7 Å². The summed E-state index contributed by atoms with van der Waals surface area (Å²) in [6, 6.07) is 2.07. The average Bonchev–Trinajstić information content (AvgIpc) is 3.35. The summed E-state index contributed by atoms with van der Waals surface area (Å²) in [6.07, 6.45) is 5.17. The highest BCUT2D eigenvalue weighted by atomic mass is 35.5. The average molecular weight is 485 g/mol. The van der Waals surface area contributed by atoms with Gasteiger partial charge in [0.15, 0.2) is 0 Å². The van der Waals surface area contributed by atoms with Gasteiger partial charge in [-0.2, -0.15) is 17.4 Å². The van der Waals surface area contributed by atoms with Crippen molar-refractivity contribution in [2.24, 2.45) is 7.05 Å². The molecule has 164 valence electrons. The van der Waals surface area contributed by atoms with E-state index in [0.717, 1.165) is 20.9 Å². The minimum absolute atomic E-state index is 0.146. The number of imidazole rings is 1. The van der Waals surface area contributed by atoms with Gasteiger partial charge in [0, 0.05) is 26.0 Å². The highest BCUT2D eigenvalue weighted by Crippen LogP contribution is 2.34. The molecule has 2 N–H and O–H groups in total. The number of anilines is 1. The Balaban J connectivity index is 1.58. The van der Waals surface area contributed by atoms with Crippen LogP contribution in [0.2, 0.25) is 5.02 Å². The number of nitrogens with one attached hydrogen (secondary N) is 2. The zero-order valence-electron chi connectivity index (χ0n) is 16.4. The van der Waals surface area contributed by atoms with E-state index < -0.39 is 34.0 Å². The summed E-state index contributed by atoms with van der Waals surface area (Å²) in [5.74, 6) is -1.17. The molecule has 1 aliphatic heterocycles. The van der Waals surface area contributed by atoms with Gasteiger partial charge in [-0.25, -0.2) is 14.4 Å². The standard InChI is InChI=1S/C18H18ClFN6O3S2/c1-25-9-21-7-15(25)16-8-22-18(30-16)13-6-14(26(2)31(28,29)24-13)17(27)23-10-3-4-12(20)11(19)5-10/h3-5,7-9,13-14,24H,6H2,1-2H3,(H,23,27). The van der Waals surface area contributed by atoms with Gasteiger partial charge in [0.2, 0.25) is 5.91 Å². The van der Waals surface area contributed by atoms with E-state index in [0.29, 0.717) is 5.01 Å². The van der Waals surface area contributed by atoms with Gasteiger partial charge in [0.1, 0.15) is 16.9 Å². The van der Waals surface area contributed by atoms with Crippen molar-refractivity contribution in [2.75, 3.05) is 12.4 Å². The maximum atomic E-state index is 13.4. The van der Waals surface area contributed by atoms with Crippen LogP contribution in [-0.2, 0) is 22.1 Å². The second-order valence-corrected chi connectivity index (χ2v) is 10.2. The summed E-state index contributed by atoms with van der Waals surface area (Å²) < 4.78 is 44.0. The monoisotopic (exact) mass is 484 g/mol. The molecule has 1 saturated heterocycles. The number of rotatable bonds is 4. The lowest BCUT2D eigenvalue weighted by Crippen LogP contribution is -2.55. The molecule has 2 atom stereocenters. The van der Waals surface area contributed by atoms with Gasteiger partial charge >= 0.3 is 0 Å². The van der Waals surface area contributed by atoms with Crippen molar-refractivity contribution in [3.63, 3.8) is 0 Å². The first-order valence-corrected chi connectivity index (χ1v) is 11.7. The fraction of sp³-hybridized carbons (Fsp3) is 0.278. The Kier molecular flexibility index (Phi) is 5.83. The largest absolute Gasteiger partial charge is 0.333 e. The number of thiazole rings is 1. The molecule has 31 heavy (non-hydrogen) atoms. The molecule has 0 saturated carbocycles. The molecule has 1 fully saturated rings. The lowest BCUT2D eigenvalue weighted by Gasteiger charge is -2.35. The molecular formula is C18H18ClFN6O3S2. The molecule has 0 aliphatic carbocycles. The van der Waals surface area contributed by atoms with Gasteiger partial charge in [-0.15, -0.1) is 11.3 Å². The summed E-state index contributed by atoms with van der Waals surface area (Å²) in [5, 5.41) is 2.99. The number of hydrogen-bond donors (Lipinski definition) is 2. The number of halogens is 2. The fourth-order valence-electron chi connectivity index (χ4n) is 3.23. The topological polar surface area (TPSA) is 109 Å². The van der Waals surface area contributed by atoms with Crippen molar-refractivity contribution in [1.82, 2.24) is 23.6 Å². The number of carbonyl (C=O) groups excluding carboxylic acids is 1. The predicted molar refractivity (Wildman–Crippen MR) is 115 cm³/mol. The third-order valence-electron chi connectivity index (χ3n) is 4.95. The van der Waals surface area contributed by atoms with E-state index in [-0.39, 0.29) is 17.1 Å². The summed E-state index contributed by atoms with van der Waals surface area (Å²) in [7, 11) is -0.755. The molecule has 3 aromatic rings. The maximum absolute atomic E-state index is 13.4. The van der Waals surface area contributed by atoms with Gasteiger partial charge in [-0.1, -0.05) is 11.6 Å². The maximum Gasteiger partial charge on any atom is 0.280 e. The van der Waals surface area contributed by atoms with Gasteiger partial charge in [-0.3, -0.25) is 4.79 Å². The molecule has 0 radical (unpaired) electrons. The van der Waals surface area contributed by atoms with E-state index >= 15 is 0 Å². The molecule has 3 heterocycles. The van der Waals surface area contributed by atoms with Gasteiger partial charge in [0.25, 0.3) is 10.2 Å². The summed E-state index contributed by atoms with van der Waals surface area (Å²) >= 11 is 7.09. The highest BCUT2D eigenvalue weighted by molar-refractivity contribution is 7.87. The van der Waals surface area contributed by atoms with E-state index in [1.165, 1.54) is 30.5 Å². The van der Waals surface area contributed by atoms with Gasteiger partial charge in [-0.05, 0) is 24.6 Å². The van der Waals surface area contributed by atoms with Crippen LogP contribution >= 0.6 is 22.9 Å². The number of benzene rings is 1. The van der Waals surface area contributed by atoms with E-state index in [9.17, 15) is 17.6 Å². The summed E-state index contributed by atoms with van der Waals surface area (Å²) in [5.41, 5.74) is 1.12. The minimum Gasteiger partial charge on any atom is -0.333 e. The molecule has 2 unspecified atom stereocenters. The van der Waals surface area contributed by atoms with E-state index in [2.05, 4.69) is 20.0 Å². The SMILES string of the molecule is CN1C(C(=O)Nc2ccc(F)c(Cl)c2)CC(c2ncc(-c3cncn3C)s2)NS1(=O)=O. The molecule has 0 spiro atoms. The van der Waals surface area contributed by atoms with Crippen LogP contribution in [-0.4, -0.2) is 46.3 Å². The number of aryl methyl sites for hydroxylation is 1. The minimum atomic E-state index is -3.93. The first-order valence-electron chi connectivity index (χ1n) is 9.09. The van der Waals surface area contributed by atoms with Crippen molar-refractivity contribution in [3.05, 3.63) is 52.8 Å². The fourth-order valence-corrected chi connectivity index (χ4v) is 5.78. The van der Waals surface area contributed by atoms with Crippen molar-refractivity contribution in [2.45, 2.75) is 18.5 Å². The smallest absolute Gasteiger partial charge is 0.280 e. The summed E-state index contributed by atoms with van der Waals surface area (Å²) in [6.45, 7) is 0. The lowest BCUT2D eigenvalue weighted by atomic mass is 10.1. The Labute approximate surface area is 187 Å². The molecule has 4 rings (SSSR count). The van der Waals surface area contributed by atoms with Crippen LogP contribution in [0, 0.1) is 5.82 Å². The van der Waals surface area contributed by atoms with Gasteiger partial charge in [0.05, 0.1) is 34.2 Å². The van der Waals surface area contributed by atoms with E-state index in [1.807, 2.05) is 11.6 Å². The Morgan fingerprint density at radius 3 is 2.81 bits per heavy atom. The van der Waals surface area contributed by atoms with Crippen LogP contribution in [0.5, 0.6) is 0 Å². The molecule has 0 bridgehead atoms. The van der Waals surface area contributed by atoms with Crippen molar-refractivity contribution in [1.29, 1.82) is 0 Å². The summed E-state index contributed by atoms with van der Waals surface area (Å²) in [4.78, 5) is 22.1. The molecule has 2 aromatic heterocycles. The number of aromatic nitrogens is 3. The predicted octanol–water partition coefficient (Wildman–Crippen LogP) is 2.55. The molecule has 13 heteroatoms. The third-order valence-corrected chi connectivity index (χ3v) is 7.97. The number of nitrogens with zero attached hydrogens (tertiary/aromatic N) is 4. The van der Waals surface area contributed by atoms with Crippen molar-refractivity contribution < 1.29 is 17.6 Å². The van der Waals surface area contributed by atoms with Crippen LogP contribution in [0.3, 0.4) is 0 Å². The van der Waals surface area contributed by atoms with E-state index in [1.54, 1.807) is 18.7 Å². The first-order chi connectivity index (χ1) is 14.7. The number of carbonyl (C=O) groups is 1. The van der Waals surface area contributed by atoms with Crippen molar-refractivity contribution in [3.8, 4) is 10.6 Å². The molecule has 1 amide bonds. The second kappa shape index (κ2) is 8.28. The molecular weight excluding hydrogens is 467 g/mol. The van der Waals surface area contributed by atoms with E-state index in [4.69, 9.17) is 11.6 Å². The van der Waals surface area contributed by atoms with Crippen LogP contribution in [0.4, 0.5) is 10.1 Å². The number of amides is 1. The normalized spacial score (nSPS) is 21.2. The Hall–Kier alpha value is -2.38. The van der Waals surface area contributed by atoms with Crippen LogP contribution in [0.15, 0.2) is 36.9 Å². The Morgan fingerprint density at radius 1 is 1.35 bits per heavy atom. The molecule has 1 aromatic carbocycles. The first kappa shape index (κ1) is 21.8.